The van der Waals surface area contributed by atoms with E-state index >= 15 is 0 Å². The SMILES string of the molecule is CC(C)C1CCC(O)(Cc2ccc(I)cc2)CC1. The Hall–Kier alpha value is -0.0900. The van der Waals surface area contributed by atoms with Crippen LogP contribution in [0.15, 0.2) is 24.3 Å². The second-order valence-electron chi connectivity index (χ2n) is 6.11. The van der Waals surface area contributed by atoms with Gasteiger partial charge in [0.15, 0.2) is 0 Å². The largest absolute Gasteiger partial charge is 0.390 e. The Morgan fingerprint density at radius 3 is 2.28 bits per heavy atom. The smallest absolute Gasteiger partial charge is 0.0688 e. The van der Waals surface area contributed by atoms with Crippen molar-refractivity contribution in [2.24, 2.45) is 11.8 Å². The van der Waals surface area contributed by atoms with Crippen LogP contribution >= 0.6 is 22.6 Å². The van der Waals surface area contributed by atoms with Gasteiger partial charge < -0.3 is 5.11 Å². The molecule has 0 amide bonds. The minimum atomic E-state index is -0.460. The van der Waals surface area contributed by atoms with Gasteiger partial charge in [-0.05, 0) is 77.8 Å². The molecule has 1 aliphatic rings. The minimum Gasteiger partial charge on any atom is -0.390 e. The van der Waals surface area contributed by atoms with E-state index in [-0.39, 0.29) is 0 Å². The van der Waals surface area contributed by atoms with E-state index in [0.29, 0.717) is 0 Å². The highest BCUT2D eigenvalue weighted by Gasteiger charge is 2.34. The topological polar surface area (TPSA) is 20.2 Å². The third kappa shape index (κ3) is 3.70. The van der Waals surface area contributed by atoms with Gasteiger partial charge in [0.05, 0.1) is 5.60 Å². The summed E-state index contributed by atoms with van der Waals surface area (Å²) in [4.78, 5) is 0. The lowest BCUT2D eigenvalue weighted by Gasteiger charge is -2.37. The quantitative estimate of drug-likeness (QED) is 0.794. The van der Waals surface area contributed by atoms with Gasteiger partial charge in [0, 0.05) is 9.99 Å². The Labute approximate surface area is 124 Å². The summed E-state index contributed by atoms with van der Waals surface area (Å²) in [5.74, 6) is 1.56. The van der Waals surface area contributed by atoms with Crippen molar-refractivity contribution < 1.29 is 5.11 Å². The molecule has 1 aromatic rings. The number of halogens is 1. The molecule has 18 heavy (non-hydrogen) atoms. The first-order chi connectivity index (χ1) is 8.48. The lowest BCUT2D eigenvalue weighted by molar-refractivity contribution is -0.0146. The van der Waals surface area contributed by atoms with Gasteiger partial charge >= 0.3 is 0 Å². The Morgan fingerprint density at radius 1 is 1.22 bits per heavy atom. The Morgan fingerprint density at radius 2 is 1.78 bits per heavy atom. The molecule has 0 unspecified atom stereocenters. The molecule has 1 fully saturated rings. The summed E-state index contributed by atoms with van der Waals surface area (Å²) in [5, 5.41) is 10.7. The Kier molecular flexibility index (Phi) is 4.70. The zero-order valence-corrected chi connectivity index (χ0v) is 13.5. The molecule has 1 nitrogen and oxygen atoms in total. The molecule has 0 radical (unpaired) electrons. The van der Waals surface area contributed by atoms with E-state index in [1.54, 1.807) is 0 Å². The molecular weight excluding hydrogens is 335 g/mol. The molecule has 1 N–H and O–H groups in total. The summed E-state index contributed by atoms with van der Waals surface area (Å²) in [6.07, 6.45) is 5.09. The van der Waals surface area contributed by atoms with Gasteiger partial charge in [-0.2, -0.15) is 0 Å². The van der Waals surface area contributed by atoms with Gasteiger partial charge in [-0.15, -0.1) is 0 Å². The van der Waals surface area contributed by atoms with Gasteiger partial charge in [0.25, 0.3) is 0 Å². The van der Waals surface area contributed by atoms with Crippen LogP contribution in [-0.4, -0.2) is 10.7 Å². The highest BCUT2D eigenvalue weighted by Crippen LogP contribution is 2.37. The van der Waals surface area contributed by atoms with Crippen LogP contribution in [0, 0.1) is 15.4 Å². The van der Waals surface area contributed by atoms with Crippen LogP contribution in [0.5, 0.6) is 0 Å². The normalized spacial score (nSPS) is 28.6. The molecule has 2 rings (SSSR count). The third-order valence-corrected chi connectivity index (χ3v) is 5.07. The van der Waals surface area contributed by atoms with Crippen LogP contribution < -0.4 is 0 Å². The first-order valence-corrected chi connectivity index (χ1v) is 8.03. The summed E-state index contributed by atoms with van der Waals surface area (Å²) in [7, 11) is 0. The minimum absolute atomic E-state index is 0.460. The average molecular weight is 358 g/mol. The van der Waals surface area contributed by atoms with Crippen molar-refractivity contribution in [3.8, 4) is 0 Å². The van der Waals surface area contributed by atoms with Crippen molar-refractivity contribution in [2.75, 3.05) is 0 Å². The zero-order chi connectivity index (χ0) is 13.2. The lowest BCUT2D eigenvalue weighted by atomic mass is 9.72. The molecule has 1 aromatic carbocycles. The fourth-order valence-electron chi connectivity index (χ4n) is 3.00. The molecule has 1 saturated carbocycles. The van der Waals surface area contributed by atoms with Crippen LogP contribution in [0.4, 0.5) is 0 Å². The number of hydrogen-bond donors (Lipinski definition) is 1. The van der Waals surface area contributed by atoms with Crippen molar-refractivity contribution in [3.05, 3.63) is 33.4 Å². The van der Waals surface area contributed by atoms with Crippen molar-refractivity contribution in [1.82, 2.24) is 0 Å². The molecule has 0 spiro atoms. The summed E-state index contributed by atoms with van der Waals surface area (Å²) in [5.41, 5.74) is 0.805. The molecular formula is C16H23IO. The highest BCUT2D eigenvalue weighted by molar-refractivity contribution is 14.1. The van der Waals surface area contributed by atoms with Crippen molar-refractivity contribution in [3.63, 3.8) is 0 Å². The van der Waals surface area contributed by atoms with E-state index in [4.69, 9.17) is 0 Å². The number of benzene rings is 1. The van der Waals surface area contributed by atoms with Crippen LogP contribution in [0.1, 0.15) is 45.1 Å². The first-order valence-electron chi connectivity index (χ1n) is 6.95. The van der Waals surface area contributed by atoms with E-state index < -0.39 is 5.60 Å². The standard InChI is InChI=1S/C16H23IO/c1-12(2)14-7-9-16(18,10-8-14)11-13-3-5-15(17)6-4-13/h3-6,12,14,18H,7-11H2,1-2H3. The second kappa shape index (κ2) is 5.91. The molecule has 1 aliphatic carbocycles. The Bertz CT molecular complexity index is 375. The van der Waals surface area contributed by atoms with Gasteiger partial charge in [0.2, 0.25) is 0 Å². The number of rotatable bonds is 3. The average Bonchev–Trinajstić information content (AvgIpc) is 2.32. The van der Waals surface area contributed by atoms with Crippen molar-refractivity contribution in [1.29, 1.82) is 0 Å². The number of aliphatic hydroxyl groups is 1. The molecule has 0 bridgehead atoms. The fraction of sp³-hybridized carbons (Fsp3) is 0.625. The fourth-order valence-corrected chi connectivity index (χ4v) is 3.36. The van der Waals surface area contributed by atoms with Crippen LogP contribution in [-0.2, 0) is 6.42 Å². The maximum atomic E-state index is 10.7. The molecule has 0 aromatic heterocycles. The maximum Gasteiger partial charge on any atom is 0.0688 e. The first kappa shape index (κ1) is 14.3. The van der Waals surface area contributed by atoms with Gasteiger partial charge in [-0.3, -0.25) is 0 Å². The van der Waals surface area contributed by atoms with Crippen molar-refractivity contribution in [2.45, 2.75) is 51.6 Å². The molecule has 100 valence electrons. The molecule has 0 saturated heterocycles. The molecule has 0 heterocycles. The van der Waals surface area contributed by atoms with E-state index in [1.165, 1.54) is 22.0 Å². The Balaban J connectivity index is 1.95. The van der Waals surface area contributed by atoms with Gasteiger partial charge in [0.1, 0.15) is 0 Å². The molecule has 0 aliphatic heterocycles. The zero-order valence-electron chi connectivity index (χ0n) is 11.3. The van der Waals surface area contributed by atoms with E-state index in [2.05, 4.69) is 60.7 Å². The predicted octanol–water partition coefficient (Wildman–Crippen LogP) is 4.41. The lowest BCUT2D eigenvalue weighted by Crippen LogP contribution is -2.37. The summed E-state index contributed by atoms with van der Waals surface area (Å²) >= 11 is 2.32. The second-order valence-corrected chi connectivity index (χ2v) is 7.35. The number of hydrogen-bond acceptors (Lipinski definition) is 1. The van der Waals surface area contributed by atoms with Gasteiger partial charge in [-0.25, -0.2) is 0 Å². The maximum absolute atomic E-state index is 10.7. The molecule has 2 heteroatoms. The van der Waals surface area contributed by atoms with Gasteiger partial charge in [-0.1, -0.05) is 26.0 Å². The van der Waals surface area contributed by atoms with Crippen LogP contribution in [0.2, 0.25) is 0 Å². The predicted molar refractivity (Wildman–Crippen MR) is 84.6 cm³/mol. The highest BCUT2D eigenvalue weighted by atomic mass is 127. The third-order valence-electron chi connectivity index (χ3n) is 4.35. The summed E-state index contributed by atoms with van der Waals surface area (Å²) < 4.78 is 1.26. The van der Waals surface area contributed by atoms with Crippen LogP contribution in [0.3, 0.4) is 0 Å². The summed E-state index contributed by atoms with van der Waals surface area (Å²) in [6, 6.07) is 8.54. The van der Waals surface area contributed by atoms with Crippen molar-refractivity contribution >= 4 is 22.6 Å². The van der Waals surface area contributed by atoms with E-state index in [9.17, 15) is 5.11 Å². The summed E-state index contributed by atoms with van der Waals surface area (Å²) in [6.45, 7) is 4.60. The van der Waals surface area contributed by atoms with Crippen LogP contribution in [0.25, 0.3) is 0 Å². The molecule has 0 atom stereocenters. The van der Waals surface area contributed by atoms with E-state index in [1.807, 2.05) is 0 Å². The monoisotopic (exact) mass is 358 g/mol. The van der Waals surface area contributed by atoms with E-state index in [0.717, 1.165) is 31.1 Å².